The van der Waals surface area contributed by atoms with Gasteiger partial charge >= 0.3 is 6.18 Å². The number of imidazole rings is 1. The minimum Gasteiger partial charge on any atom is -0.497 e. The summed E-state index contributed by atoms with van der Waals surface area (Å²) in [5, 5.41) is 12.9. The maximum Gasteiger partial charge on any atom is 0.425 e. The number of aryl methyl sites for hydroxylation is 1. The van der Waals surface area contributed by atoms with Gasteiger partial charge in [-0.25, -0.2) is 4.98 Å². The average Bonchev–Trinajstić information content (AvgIpc) is 3.05. The van der Waals surface area contributed by atoms with E-state index in [9.17, 15) is 23.1 Å². The van der Waals surface area contributed by atoms with Crippen molar-refractivity contribution >= 4 is 5.91 Å². The maximum absolute atomic E-state index is 13.5. The highest BCUT2D eigenvalue weighted by Gasteiger charge is 2.58. The van der Waals surface area contributed by atoms with E-state index in [2.05, 4.69) is 10.3 Å². The molecule has 2 aromatic rings. The maximum atomic E-state index is 13.5. The van der Waals surface area contributed by atoms with E-state index in [-0.39, 0.29) is 0 Å². The lowest BCUT2D eigenvalue weighted by molar-refractivity contribution is -0.271. The van der Waals surface area contributed by atoms with E-state index in [1.807, 2.05) is 0 Å². The Morgan fingerprint density at radius 3 is 2.41 bits per heavy atom. The average molecular weight is 385 g/mol. The first-order chi connectivity index (χ1) is 12.6. The summed E-state index contributed by atoms with van der Waals surface area (Å²) < 4.78 is 46.7. The summed E-state index contributed by atoms with van der Waals surface area (Å²) in [6, 6.07) is 6.35. The molecule has 1 amide bonds. The predicted octanol–water partition coefficient (Wildman–Crippen LogP) is 2.84. The number of aliphatic hydroxyl groups is 1. The number of carbonyl (C=O) groups is 1. The molecule has 2 unspecified atom stereocenters. The van der Waals surface area contributed by atoms with E-state index < -0.39 is 36.0 Å². The molecule has 2 rings (SSSR count). The van der Waals surface area contributed by atoms with Gasteiger partial charge in [0.05, 0.1) is 19.6 Å². The number of ether oxygens (including phenoxy) is 1. The standard InChI is InChI=1S/C18H22F3N3O3/c1-4-14(12-5-7-13(27-3)8-6-12)23-15(25)11-17(26,18(19,20)21)16-22-9-10-24(16)2/h5-10,14,26H,4,11H2,1-3H3,(H,23,25). The minimum absolute atomic E-state index is 0.463. The molecule has 2 N–H and O–H groups in total. The number of alkyl halides is 3. The van der Waals surface area contributed by atoms with Crippen molar-refractivity contribution in [3.8, 4) is 5.75 Å². The fraction of sp³-hybridized carbons (Fsp3) is 0.444. The first-order valence-corrected chi connectivity index (χ1v) is 8.32. The highest BCUT2D eigenvalue weighted by Crippen LogP contribution is 2.40. The Morgan fingerprint density at radius 1 is 1.33 bits per heavy atom. The van der Waals surface area contributed by atoms with E-state index in [4.69, 9.17) is 4.74 Å². The molecule has 0 aliphatic carbocycles. The van der Waals surface area contributed by atoms with E-state index in [0.717, 1.165) is 16.3 Å². The lowest BCUT2D eigenvalue weighted by atomic mass is 9.96. The molecule has 148 valence electrons. The Labute approximate surface area is 155 Å². The van der Waals surface area contributed by atoms with Crippen molar-refractivity contribution < 1.29 is 27.8 Å². The summed E-state index contributed by atoms with van der Waals surface area (Å²) in [5.41, 5.74) is -2.66. The summed E-state index contributed by atoms with van der Waals surface area (Å²) in [6.45, 7) is 1.80. The molecule has 0 saturated carbocycles. The van der Waals surface area contributed by atoms with Crippen molar-refractivity contribution in [1.82, 2.24) is 14.9 Å². The monoisotopic (exact) mass is 385 g/mol. The molecule has 0 saturated heterocycles. The van der Waals surface area contributed by atoms with Crippen molar-refractivity contribution in [2.75, 3.05) is 7.11 Å². The van der Waals surface area contributed by atoms with Crippen LogP contribution in [0.1, 0.15) is 37.2 Å². The Balaban J connectivity index is 2.20. The number of amides is 1. The molecule has 6 nitrogen and oxygen atoms in total. The zero-order chi connectivity index (χ0) is 20.2. The van der Waals surface area contributed by atoms with Crippen LogP contribution in [0.4, 0.5) is 13.2 Å². The van der Waals surface area contributed by atoms with Crippen LogP contribution in [0, 0.1) is 0 Å². The third-order valence-electron chi connectivity index (χ3n) is 4.34. The van der Waals surface area contributed by atoms with Gasteiger partial charge in [0.25, 0.3) is 0 Å². The highest BCUT2D eigenvalue weighted by molar-refractivity contribution is 5.77. The molecule has 1 aromatic carbocycles. The molecule has 27 heavy (non-hydrogen) atoms. The number of rotatable bonds is 7. The molecular weight excluding hydrogens is 363 g/mol. The number of hydrogen-bond donors (Lipinski definition) is 2. The first kappa shape index (κ1) is 20.8. The van der Waals surface area contributed by atoms with Gasteiger partial charge in [-0.3, -0.25) is 4.79 Å². The molecule has 9 heteroatoms. The molecule has 0 radical (unpaired) electrons. The summed E-state index contributed by atoms with van der Waals surface area (Å²) in [6.07, 6.45) is -3.38. The van der Waals surface area contributed by atoms with Crippen molar-refractivity contribution in [2.45, 2.75) is 37.6 Å². The summed E-state index contributed by atoms with van der Waals surface area (Å²) >= 11 is 0. The van der Waals surface area contributed by atoms with E-state index >= 15 is 0 Å². The van der Waals surface area contributed by atoms with Crippen LogP contribution in [0.3, 0.4) is 0 Å². The van der Waals surface area contributed by atoms with E-state index in [1.165, 1.54) is 20.4 Å². The van der Waals surface area contributed by atoms with Gasteiger partial charge in [0.15, 0.2) is 5.82 Å². The zero-order valence-corrected chi connectivity index (χ0v) is 15.2. The second-order valence-corrected chi connectivity index (χ2v) is 6.20. The van der Waals surface area contributed by atoms with Gasteiger partial charge < -0.3 is 19.7 Å². The smallest absolute Gasteiger partial charge is 0.425 e. The van der Waals surface area contributed by atoms with Gasteiger partial charge in [0.1, 0.15) is 5.75 Å². The third kappa shape index (κ3) is 4.41. The largest absolute Gasteiger partial charge is 0.497 e. The van der Waals surface area contributed by atoms with Crippen LogP contribution in [0.25, 0.3) is 0 Å². The first-order valence-electron chi connectivity index (χ1n) is 8.32. The highest BCUT2D eigenvalue weighted by atomic mass is 19.4. The Kier molecular flexibility index (Phi) is 6.15. The molecule has 2 atom stereocenters. The Hall–Kier alpha value is -2.55. The summed E-state index contributed by atoms with van der Waals surface area (Å²) in [5.74, 6) is -0.940. The number of halogens is 3. The molecule has 0 fully saturated rings. The van der Waals surface area contributed by atoms with E-state index in [1.54, 1.807) is 31.2 Å². The Morgan fingerprint density at radius 2 is 1.96 bits per heavy atom. The van der Waals surface area contributed by atoms with Gasteiger partial charge in [-0.05, 0) is 24.1 Å². The second kappa shape index (κ2) is 7.99. The molecule has 0 aliphatic heterocycles. The zero-order valence-electron chi connectivity index (χ0n) is 15.2. The fourth-order valence-electron chi connectivity index (χ4n) is 2.81. The number of carbonyl (C=O) groups excluding carboxylic acids is 1. The van der Waals surface area contributed by atoms with Gasteiger partial charge in [0.2, 0.25) is 11.5 Å². The SMILES string of the molecule is CCC(NC(=O)CC(O)(c1nccn1C)C(F)(F)F)c1ccc(OC)cc1. The number of nitrogens with one attached hydrogen (secondary N) is 1. The van der Waals surface area contributed by atoms with Crippen LogP contribution in [0.15, 0.2) is 36.7 Å². The third-order valence-corrected chi connectivity index (χ3v) is 4.34. The predicted molar refractivity (Wildman–Crippen MR) is 91.9 cm³/mol. The van der Waals surface area contributed by atoms with Gasteiger partial charge in [-0.2, -0.15) is 13.2 Å². The van der Waals surface area contributed by atoms with Crippen molar-refractivity contribution in [1.29, 1.82) is 0 Å². The van der Waals surface area contributed by atoms with Crippen molar-refractivity contribution in [3.63, 3.8) is 0 Å². The van der Waals surface area contributed by atoms with Crippen LogP contribution in [0.5, 0.6) is 5.75 Å². The van der Waals surface area contributed by atoms with Gasteiger partial charge in [0, 0.05) is 19.4 Å². The lowest BCUT2D eigenvalue weighted by Crippen LogP contribution is -2.48. The number of nitrogens with zero attached hydrogens (tertiary/aromatic N) is 2. The molecular formula is C18H22F3N3O3. The second-order valence-electron chi connectivity index (χ2n) is 6.20. The molecule has 0 bridgehead atoms. The van der Waals surface area contributed by atoms with Crippen molar-refractivity contribution in [3.05, 3.63) is 48.0 Å². The molecule has 1 heterocycles. The van der Waals surface area contributed by atoms with Crippen LogP contribution in [-0.2, 0) is 17.4 Å². The molecule has 1 aromatic heterocycles. The summed E-state index contributed by atoms with van der Waals surface area (Å²) in [7, 11) is 2.84. The van der Waals surface area contributed by atoms with Gasteiger partial charge in [-0.15, -0.1) is 0 Å². The van der Waals surface area contributed by atoms with Crippen LogP contribution < -0.4 is 10.1 Å². The summed E-state index contributed by atoms with van der Waals surface area (Å²) in [4.78, 5) is 15.9. The van der Waals surface area contributed by atoms with Gasteiger partial charge in [-0.1, -0.05) is 19.1 Å². The fourth-order valence-corrected chi connectivity index (χ4v) is 2.81. The quantitative estimate of drug-likeness (QED) is 0.769. The van der Waals surface area contributed by atoms with Crippen LogP contribution in [-0.4, -0.2) is 33.9 Å². The van der Waals surface area contributed by atoms with Crippen LogP contribution in [0.2, 0.25) is 0 Å². The number of hydrogen-bond acceptors (Lipinski definition) is 4. The van der Waals surface area contributed by atoms with Crippen LogP contribution >= 0.6 is 0 Å². The number of methoxy groups -OCH3 is 1. The minimum atomic E-state index is -5.06. The topological polar surface area (TPSA) is 76.4 Å². The lowest BCUT2D eigenvalue weighted by Gasteiger charge is -2.30. The Bertz CT molecular complexity index is 774. The number of benzene rings is 1. The van der Waals surface area contributed by atoms with E-state index in [0.29, 0.717) is 12.2 Å². The molecule has 0 aliphatic rings. The normalized spacial score (nSPS) is 15.1. The van der Waals surface area contributed by atoms with Crippen molar-refractivity contribution in [2.24, 2.45) is 7.05 Å². The number of aromatic nitrogens is 2. The molecule has 0 spiro atoms.